The number of aromatic nitrogens is 3. The number of hydrogen-bond donors (Lipinski definition) is 2. The first-order chi connectivity index (χ1) is 15.7. The molecule has 6 rings (SSSR count). The summed E-state index contributed by atoms with van der Waals surface area (Å²) in [7, 11) is 0. The molecular formula is C25H20N4O3. The van der Waals surface area contributed by atoms with E-state index in [0.717, 1.165) is 22.7 Å². The molecule has 7 heteroatoms. The number of para-hydroxylation sites is 1. The Labute approximate surface area is 183 Å². The van der Waals surface area contributed by atoms with Gasteiger partial charge in [-0.05, 0) is 42.3 Å². The zero-order chi connectivity index (χ0) is 21.7. The average Bonchev–Trinajstić information content (AvgIpc) is 3.47. The van der Waals surface area contributed by atoms with Gasteiger partial charge in [0.15, 0.2) is 5.78 Å². The number of carbonyl (C=O) groups is 1. The quantitative estimate of drug-likeness (QED) is 0.516. The van der Waals surface area contributed by atoms with Gasteiger partial charge < -0.3 is 9.73 Å². The van der Waals surface area contributed by atoms with Gasteiger partial charge in [-0.15, -0.1) is 0 Å². The van der Waals surface area contributed by atoms with Crippen LogP contribution in [0, 0.1) is 0 Å². The third kappa shape index (κ3) is 2.85. The summed E-state index contributed by atoms with van der Waals surface area (Å²) in [5.41, 5.74) is 3.38. The van der Waals surface area contributed by atoms with E-state index in [4.69, 9.17) is 4.42 Å². The first kappa shape index (κ1) is 18.6. The molecule has 0 radical (unpaired) electrons. The van der Waals surface area contributed by atoms with Gasteiger partial charge in [0.05, 0.1) is 17.5 Å². The van der Waals surface area contributed by atoms with Crippen LogP contribution in [0.1, 0.15) is 41.6 Å². The summed E-state index contributed by atoms with van der Waals surface area (Å²) in [6.07, 6.45) is 6.03. The molecule has 32 heavy (non-hydrogen) atoms. The maximum atomic E-state index is 13.6. The van der Waals surface area contributed by atoms with E-state index in [9.17, 15) is 9.59 Å². The molecule has 7 nitrogen and oxygen atoms in total. The van der Waals surface area contributed by atoms with Gasteiger partial charge in [0, 0.05) is 41.9 Å². The summed E-state index contributed by atoms with van der Waals surface area (Å²) < 4.78 is 7.11. The van der Waals surface area contributed by atoms with Gasteiger partial charge in [-0.25, -0.2) is 4.68 Å². The Kier molecular flexibility index (Phi) is 4.21. The van der Waals surface area contributed by atoms with Gasteiger partial charge >= 0.3 is 0 Å². The minimum Gasteiger partial charge on any atom is -0.469 e. The molecule has 2 aliphatic rings. The number of nitrogens with one attached hydrogen (secondary N) is 2. The molecule has 2 atom stereocenters. The van der Waals surface area contributed by atoms with E-state index in [1.165, 1.54) is 4.68 Å². The summed E-state index contributed by atoms with van der Waals surface area (Å²) in [5.74, 6) is 0.910. The van der Waals surface area contributed by atoms with Crippen LogP contribution < -0.4 is 10.9 Å². The monoisotopic (exact) mass is 424 g/mol. The lowest BCUT2D eigenvalue weighted by molar-refractivity contribution is -0.116. The Morgan fingerprint density at radius 3 is 2.62 bits per heavy atom. The molecule has 1 aliphatic carbocycles. The maximum Gasteiger partial charge on any atom is 0.277 e. The predicted octanol–water partition coefficient (Wildman–Crippen LogP) is 4.11. The fourth-order valence-corrected chi connectivity index (χ4v) is 4.86. The SMILES string of the molecule is O=C1C[C@@H](c2ccco2)CC2=C1[C@@H](c1cccnc1)c1c([nH]n(-c3ccccc3)c1=O)N2. The van der Waals surface area contributed by atoms with E-state index in [-0.39, 0.29) is 17.3 Å². The van der Waals surface area contributed by atoms with Crippen molar-refractivity contribution in [3.63, 3.8) is 0 Å². The number of H-pyrrole nitrogens is 1. The number of pyridine rings is 1. The molecule has 158 valence electrons. The number of fused-ring (bicyclic) bond motifs is 1. The van der Waals surface area contributed by atoms with Crippen LogP contribution in [0.15, 0.2) is 93.7 Å². The molecule has 0 saturated carbocycles. The van der Waals surface area contributed by atoms with E-state index in [1.54, 1.807) is 18.7 Å². The summed E-state index contributed by atoms with van der Waals surface area (Å²) >= 11 is 0. The molecule has 0 saturated heterocycles. The number of Topliss-reactive ketones (excluding diaryl/α,β-unsaturated/α-hetero) is 1. The first-order valence-electron chi connectivity index (χ1n) is 10.6. The maximum absolute atomic E-state index is 13.6. The Balaban J connectivity index is 1.53. The van der Waals surface area contributed by atoms with Crippen molar-refractivity contribution in [3.05, 3.63) is 112 Å². The van der Waals surface area contributed by atoms with Crippen molar-refractivity contribution in [1.82, 2.24) is 14.8 Å². The lowest BCUT2D eigenvalue weighted by atomic mass is 9.74. The van der Waals surface area contributed by atoms with Crippen molar-refractivity contribution >= 4 is 11.6 Å². The fourth-order valence-electron chi connectivity index (χ4n) is 4.86. The van der Waals surface area contributed by atoms with Crippen LogP contribution in [0.5, 0.6) is 0 Å². The summed E-state index contributed by atoms with van der Waals surface area (Å²) in [6, 6.07) is 16.9. The minimum absolute atomic E-state index is 0.0199. The van der Waals surface area contributed by atoms with Gasteiger partial charge in [-0.1, -0.05) is 24.3 Å². The number of rotatable bonds is 3. The number of hydrogen-bond acceptors (Lipinski definition) is 5. The molecule has 0 bridgehead atoms. The van der Waals surface area contributed by atoms with Crippen LogP contribution in [0.2, 0.25) is 0 Å². The van der Waals surface area contributed by atoms with Crippen LogP contribution in [0.4, 0.5) is 5.82 Å². The standard InChI is InChI=1S/C25H20N4O3/c30-19-13-16(20-9-5-11-32-20)12-18-22(19)21(15-6-4-10-26-14-15)23-24(27-18)28-29(25(23)31)17-7-2-1-3-8-17/h1-11,14,16,21,27-28H,12-13H2/t16-,21+/m0/s1. The molecule has 3 aromatic heterocycles. The first-order valence-corrected chi connectivity index (χ1v) is 10.6. The highest BCUT2D eigenvalue weighted by molar-refractivity contribution is 6.01. The van der Waals surface area contributed by atoms with Crippen LogP contribution in [-0.4, -0.2) is 20.5 Å². The summed E-state index contributed by atoms with van der Waals surface area (Å²) in [5, 5.41) is 6.59. The lowest BCUT2D eigenvalue weighted by Crippen LogP contribution is -2.32. The Hall–Kier alpha value is -4.13. The molecular weight excluding hydrogens is 404 g/mol. The highest BCUT2D eigenvalue weighted by atomic mass is 16.3. The fraction of sp³-hybridized carbons (Fsp3) is 0.160. The largest absolute Gasteiger partial charge is 0.469 e. The smallest absolute Gasteiger partial charge is 0.277 e. The third-order valence-corrected chi connectivity index (χ3v) is 6.27. The van der Waals surface area contributed by atoms with Crippen LogP contribution in [-0.2, 0) is 4.79 Å². The van der Waals surface area contributed by atoms with Crippen molar-refractivity contribution in [1.29, 1.82) is 0 Å². The zero-order valence-corrected chi connectivity index (χ0v) is 17.1. The van der Waals surface area contributed by atoms with Gasteiger partial charge in [0.2, 0.25) is 0 Å². The van der Waals surface area contributed by atoms with Gasteiger partial charge in [0.1, 0.15) is 11.6 Å². The number of benzene rings is 1. The van der Waals surface area contributed by atoms with E-state index in [1.807, 2.05) is 54.6 Å². The van der Waals surface area contributed by atoms with Crippen LogP contribution in [0.25, 0.3) is 5.69 Å². The molecule has 0 spiro atoms. The van der Waals surface area contributed by atoms with Gasteiger partial charge in [-0.3, -0.25) is 19.7 Å². The van der Waals surface area contributed by atoms with E-state index >= 15 is 0 Å². The normalized spacial score (nSPS) is 19.9. The highest BCUT2D eigenvalue weighted by Crippen LogP contribution is 2.46. The molecule has 1 aliphatic heterocycles. The molecule has 0 fully saturated rings. The molecule has 4 heterocycles. The number of furan rings is 1. The van der Waals surface area contributed by atoms with Crippen LogP contribution >= 0.6 is 0 Å². The number of allylic oxidation sites excluding steroid dienone is 2. The van der Waals surface area contributed by atoms with Gasteiger partial charge in [-0.2, -0.15) is 0 Å². The molecule has 4 aromatic rings. The average molecular weight is 424 g/mol. The van der Waals surface area contributed by atoms with Crippen molar-refractivity contribution in [2.24, 2.45) is 0 Å². The topological polar surface area (TPSA) is 92.9 Å². The second-order valence-electron chi connectivity index (χ2n) is 8.16. The zero-order valence-electron chi connectivity index (χ0n) is 17.1. The Morgan fingerprint density at radius 1 is 1.00 bits per heavy atom. The predicted molar refractivity (Wildman–Crippen MR) is 119 cm³/mol. The number of aromatic amines is 1. The van der Waals surface area contributed by atoms with Crippen molar-refractivity contribution < 1.29 is 9.21 Å². The second kappa shape index (κ2) is 7.23. The van der Waals surface area contributed by atoms with Crippen LogP contribution in [0.3, 0.4) is 0 Å². The second-order valence-corrected chi connectivity index (χ2v) is 8.16. The summed E-state index contributed by atoms with van der Waals surface area (Å²) in [4.78, 5) is 31.2. The lowest BCUT2D eigenvalue weighted by Gasteiger charge is -2.33. The molecule has 2 N–H and O–H groups in total. The number of anilines is 1. The molecule has 1 aromatic carbocycles. The van der Waals surface area contributed by atoms with Crippen molar-refractivity contribution in [3.8, 4) is 5.69 Å². The molecule has 0 amide bonds. The van der Waals surface area contributed by atoms with Gasteiger partial charge in [0.25, 0.3) is 5.56 Å². The highest BCUT2D eigenvalue weighted by Gasteiger charge is 2.41. The third-order valence-electron chi connectivity index (χ3n) is 6.27. The minimum atomic E-state index is -0.478. The Morgan fingerprint density at radius 2 is 1.88 bits per heavy atom. The number of carbonyl (C=O) groups excluding carboxylic acids is 1. The van der Waals surface area contributed by atoms with E-state index in [0.29, 0.717) is 29.8 Å². The van der Waals surface area contributed by atoms with E-state index in [2.05, 4.69) is 15.4 Å². The van der Waals surface area contributed by atoms with Crippen molar-refractivity contribution in [2.75, 3.05) is 5.32 Å². The Bertz CT molecular complexity index is 1380. The molecule has 0 unspecified atom stereocenters. The van der Waals surface area contributed by atoms with Crippen molar-refractivity contribution in [2.45, 2.75) is 24.7 Å². The summed E-state index contributed by atoms with van der Waals surface area (Å²) in [6.45, 7) is 0. The number of nitrogens with zero attached hydrogens (tertiary/aromatic N) is 2. The number of ketones is 1. The van der Waals surface area contributed by atoms with E-state index < -0.39 is 5.92 Å².